The van der Waals surface area contributed by atoms with Crippen LogP contribution in [0.3, 0.4) is 0 Å². The highest BCUT2D eigenvalue weighted by atomic mass is 16.5. The van der Waals surface area contributed by atoms with E-state index in [1.54, 1.807) is 0 Å². The summed E-state index contributed by atoms with van der Waals surface area (Å²) in [6.07, 6.45) is 9.99. The van der Waals surface area contributed by atoms with Crippen molar-refractivity contribution in [1.29, 1.82) is 0 Å². The molecular weight excluding hydrogens is 200 g/mol. The maximum Gasteiger partial charge on any atom is 0.305 e. The van der Waals surface area contributed by atoms with Crippen LogP contribution in [-0.2, 0) is 9.53 Å². The number of rotatable bonds is 7. The van der Waals surface area contributed by atoms with Crippen LogP contribution < -0.4 is 0 Å². The molecule has 0 N–H and O–H groups in total. The van der Waals surface area contributed by atoms with Crippen LogP contribution in [0, 0.1) is 25.2 Å². The van der Waals surface area contributed by atoms with Gasteiger partial charge in [-0.3, -0.25) is 4.79 Å². The molecule has 0 saturated heterocycles. The van der Waals surface area contributed by atoms with Crippen molar-refractivity contribution in [3.05, 3.63) is 13.3 Å². The first kappa shape index (κ1) is 13.5. The van der Waals surface area contributed by atoms with Gasteiger partial charge in [0.2, 0.25) is 0 Å². The summed E-state index contributed by atoms with van der Waals surface area (Å²) in [5.74, 6) is 1.54. The predicted octanol–water partition coefficient (Wildman–Crippen LogP) is 3.56. The van der Waals surface area contributed by atoms with Crippen molar-refractivity contribution in [3.8, 4) is 0 Å². The highest BCUT2D eigenvalue weighted by Gasteiger charge is 2.22. The highest BCUT2D eigenvalue weighted by molar-refractivity contribution is 5.69. The van der Waals surface area contributed by atoms with Gasteiger partial charge in [0.1, 0.15) is 0 Å². The third-order valence-electron chi connectivity index (χ3n) is 3.36. The Kier molecular flexibility index (Phi) is 6.51. The second-order valence-corrected chi connectivity index (χ2v) is 4.67. The summed E-state index contributed by atoms with van der Waals surface area (Å²) in [4.78, 5) is 11.1. The number of hydrogen-bond donors (Lipinski definition) is 0. The summed E-state index contributed by atoms with van der Waals surface area (Å²) < 4.78 is 4.89. The molecule has 0 spiro atoms. The Hall–Kier alpha value is -0.530. The Morgan fingerprint density at radius 1 is 1.50 bits per heavy atom. The van der Waals surface area contributed by atoms with Crippen LogP contribution in [0.1, 0.15) is 51.9 Å². The van der Waals surface area contributed by atoms with Crippen molar-refractivity contribution in [2.24, 2.45) is 11.8 Å². The van der Waals surface area contributed by atoms with Crippen LogP contribution in [0.15, 0.2) is 0 Å². The van der Waals surface area contributed by atoms with Gasteiger partial charge >= 0.3 is 5.97 Å². The number of esters is 1. The maximum atomic E-state index is 11.1. The number of carbonyl (C=O) groups is 1. The first-order valence-corrected chi connectivity index (χ1v) is 6.54. The lowest BCUT2D eigenvalue weighted by molar-refractivity contribution is -0.143. The van der Waals surface area contributed by atoms with E-state index in [-0.39, 0.29) is 5.97 Å². The van der Waals surface area contributed by atoms with E-state index < -0.39 is 0 Å². The van der Waals surface area contributed by atoms with Crippen molar-refractivity contribution in [3.63, 3.8) is 0 Å². The molecule has 1 saturated carbocycles. The van der Waals surface area contributed by atoms with E-state index in [0.29, 0.717) is 13.0 Å². The van der Waals surface area contributed by atoms with Gasteiger partial charge in [0, 0.05) is 6.42 Å². The zero-order chi connectivity index (χ0) is 11.8. The first-order valence-electron chi connectivity index (χ1n) is 6.54. The van der Waals surface area contributed by atoms with E-state index in [2.05, 4.69) is 13.3 Å². The van der Waals surface area contributed by atoms with Crippen molar-refractivity contribution in [1.82, 2.24) is 0 Å². The third-order valence-corrected chi connectivity index (χ3v) is 3.36. The lowest BCUT2D eigenvalue weighted by atomic mass is 9.97. The maximum absolute atomic E-state index is 11.1. The van der Waals surface area contributed by atoms with Crippen LogP contribution in [-0.4, -0.2) is 12.6 Å². The molecule has 2 radical (unpaired) electrons. The minimum Gasteiger partial charge on any atom is -0.466 e. The average Bonchev–Trinajstić information content (AvgIpc) is 2.73. The number of hydrogen-bond acceptors (Lipinski definition) is 2. The van der Waals surface area contributed by atoms with Gasteiger partial charge in [-0.05, 0) is 44.4 Å². The van der Waals surface area contributed by atoms with Crippen LogP contribution >= 0.6 is 0 Å². The normalized spacial score (nSPS) is 24.6. The lowest BCUT2D eigenvalue weighted by Gasteiger charge is -2.09. The van der Waals surface area contributed by atoms with Crippen LogP contribution in [0.4, 0.5) is 0 Å². The van der Waals surface area contributed by atoms with Crippen molar-refractivity contribution < 1.29 is 9.53 Å². The Labute approximate surface area is 99.8 Å². The van der Waals surface area contributed by atoms with Gasteiger partial charge in [-0.25, -0.2) is 0 Å². The molecule has 2 nitrogen and oxygen atoms in total. The number of ether oxygens (including phenoxy) is 1. The minimum absolute atomic E-state index is 0.0477. The van der Waals surface area contributed by atoms with Gasteiger partial charge in [0.15, 0.2) is 0 Å². The zero-order valence-electron chi connectivity index (χ0n) is 10.4. The molecule has 0 aromatic rings. The van der Waals surface area contributed by atoms with Crippen molar-refractivity contribution in [2.75, 3.05) is 6.61 Å². The van der Waals surface area contributed by atoms with E-state index >= 15 is 0 Å². The van der Waals surface area contributed by atoms with Crippen LogP contribution in [0.2, 0.25) is 0 Å². The molecular formula is C14H24O2. The summed E-state index contributed by atoms with van der Waals surface area (Å²) in [5.41, 5.74) is 0. The fourth-order valence-electron chi connectivity index (χ4n) is 2.39. The smallest absolute Gasteiger partial charge is 0.305 e. The van der Waals surface area contributed by atoms with Crippen LogP contribution in [0.5, 0.6) is 0 Å². The molecule has 0 aromatic carbocycles. The first-order chi connectivity index (χ1) is 7.76. The van der Waals surface area contributed by atoms with Gasteiger partial charge in [-0.1, -0.05) is 26.2 Å². The average molecular weight is 224 g/mol. The Bertz CT molecular complexity index is 201. The molecule has 1 rings (SSSR count). The molecule has 0 heterocycles. The van der Waals surface area contributed by atoms with Crippen molar-refractivity contribution >= 4 is 5.97 Å². The third kappa shape index (κ3) is 5.00. The topological polar surface area (TPSA) is 26.3 Å². The van der Waals surface area contributed by atoms with Gasteiger partial charge in [-0.2, -0.15) is 0 Å². The molecule has 0 aromatic heterocycles. The predicted molar refractivity (Wildman–Crippen MR) is 65.6 cm³/mol. The van der Waals surface area contributed by atoms with E-state index in [4.69, 9.17) is 4.74 Å². The Morgan fingerprint density at radius 3 is 2.94 bits per heavy atom. The van der Waals surface area contributed by atoms with Gasteiger partial charge < -0.3 is 4.74 Å². The minimum atomic E-state index is -0.0477. The molecule has 2 unspecified atom stereocenters. The molecule has 0 aliphatic heterocycles. The Balaban J connectivity index is 1.97. The molecule has 0 bridgehead atoms. The molecule has 2 heteroatoms. The second kappa shape index (κ2) is 7.70. The summed E-state index contributed by atoms with van der Waals surface area (Å²) in [7, 11) is 0. The fraction of sp³-hybridized carbons (Fsp3) is 0.786. The number of unbranched alkanes of at least 4 members (excludes halogenated alkanes) is 1. The fourth-order valence-corrected chi connectivity index (χ4v) is 2.39. The molecule has 1 aliphatic rings. The van der Waals surface area contributed by atoms with E-state index in [1.165, 1.54) is 19.3 Å². The summed E-state index contributed by atoms with van der Waals surface area (Å²) in [5, 5.41) is 0. The summed E-state index contributed by atoms with van der Waals surface area (Å²) in [6, 6.07) is 0. The Morgan fingerprint density at radius 2 is 2.31 bits per heavy atom. The molecule has 1 fully saturated rings. The van der Waals surface area contributed by atoms with Gasteiger partial charge in [0.25, 0.3) is 0 Å². The molecule has 2 atom stereocenters. The SMILES string of the molecule is [CH2]CC1C[CH]C(CCCCC(=O)OCC)C1. The summed E-state index contributed by atoms with van der Waals surface area (Å²) in [6.45, 7) is 6.31. The lowest BCUT2D eigenvalue weighted by Crippen LogP contribution is -2.04. The highest BCUT2D eigenvalue weighted by Crippen LogP contribution is 2.34. The molecule has 16 heavy (non-hydrogen) atoms. The van der Waals surface area contributed by atoms with Gasteiger partial charge in [-0.15, -0.1) is 0 Å². The summed E-state index contributed by atoms with van der Waals surface area (Å²) >= 11 is 0. The van der Waals surface area contributed by atoms with Gasteiger partial charge in [0.05, 0.1) is 6.61 Å². The molecule has 0 amide bonds. The molecule has 1 aliphatic carbocycles. The standard InChI is InChI=1S/C14H24O2/c1-3-12-9-10-13(11-12)7-5-6-8-14(15)16-4-2/h10,12-13H,1,3-9,11H2,2H3. The monoisotopic (exact) mass is 224 g/mol. The van der Waals surface area contributed by atoms with E-state index in [0.717, 1.165) is 31.1 Å². The van der Waals surface area contributed by atoms with Crippen LogP contribution in [0.25, 0.3) is 0 Å². The largest absolute Gasteiger partial charge is 0.466 e. The number of carbonyl (C=O) groups excluding carboxylic acids is 1. The van der Waals surface area contributed by atoms with E-state index in [9.17, 15) is 4.79 Å². The van der Waals surface area contributed by atoms with Crippen molar-refractivity contribution in [2.45, 2.75) is 51.9 Å². The molecule has 92 valence electrons. The van der Waals surface area contributed by atoms with E-state index in [1.807, 2.05) is 6.92 Å². The quantitative estimate of drug-likeness (QED) is 0.488. The zero-order valence-corrected chi connectivity index (χ0v) is 10.4. The second-order valence-electron chi connectivity index (χ2n) is 4.67.